The normalized spacial score (nSPS) is 15.8. The molecule has 0 rings (SSSR count). The maximum atomic E-state index is 8.38. The maximum absolute atomic E-state index is 8.38. The van der Waals surface area contributed by atoms with Gasteiger partial charge in [0.2, 0.25) is 0 Å². The largest absolute Gasteiger partial charge is 0.378 e. The van der Waals surface area contributed by atoms with Crippen molar-refractivity contribution in [3.63, 3.8) is 0 Å². The first-order chi connectivity index (χ1) is 2.77. The van der Waals surface area contributed by atoms with Crippen LogP contribution in [0.3, 0.4) is 0 Å². The van der Waals surface area contributed by atoms with Crippen molar-refractivity contribution in [1.29, 1.82) is 0 Å². The molecular formula is C4H7BrO. The monoisotopic (exact) mass is 150 g/mol. The van der Waals surface area contributed by atoms with Crippen LogP contribution in [0.1, 0.15) is 6.92 Å². The standard InChI is InChI=1S/C4H7BrO/c1-2-3-4(5)6/h2-4,6H,1H3. The van der Waals surface area contributed by atoms with Gasteiger partial charge in [-0.2, -0.15) is 0 Å². The van der Waals surface area contributed by atoms with E-state index in [2.05, 4.69) is 15.9 Å². The van der Waals surface area contributed by atoms with Crippen molar-refractivity contribution < 1.29 is 5.11 Å². The molecule has 0 aromatic carbocycles. The molecule has 0 bridgehead atoms. The number of aliphatic hydroxyl groups excluding tert-OH is 1. The third kappa shape index (κ3) is 4.18. The highest BCUT2D eigenvalue weighted by Gasteiger charge is 1.80. The Morgan fingerprint density at radius 1 is 1.83 bits per heavy atom. The van der Waals surface area contributed by atoms with E-state index in [0.717, 1.165) is 0 Å². The van der Waals surface area contributed by atoms with Gasteiger partial charge in [0.25, 0.3) is 0 Å². The molecule has 36 valence electrons. The molecule has 1 unspecified atom stereocenters. The lowest BCUT2D eigenvalue weighted by atomic mass is 10.6. The minimum atomic E-state index is -0.470. The average molecular weight is 151 g/mol. The highest BCUT2D eigenvalue weighted by molar-refractivity contribution is 9.09. The van der Waals surface area contributed by atoms with E-state index in [9.17, 15) is 0 Å². The summed E-state index contributed by atoms with van der Waals surface area (Å²) in [6.07, 6.45) is 3.42. The molecule has 1 N–H and O–H groups in total. The Labute approximate surface area is 45.8 Å². The molecule has 1 nitrogen and oxygen atoms in total. The second-order valence-electron chi connectivity index (χ2n) is 0.898. The van der Waals surface area contributed by atoms with Gasteiger partial charge < -0.3 is 5.11 Å². The number of allylic oxidation sites excluding steroid dienone is 1. The van der Waals surface area contributed by atoms with Crippen LogP contribution in [0, 0.1) is 0 Å². The van der Waals surface area contributed by atoms with Gasteiger partial charge in [0, 0.05) is 0 Å². The molecule has 0 radical (unpaired) electrons. The van der Waals surface area contributed by atoms with E-state index in [0.29, 0.717) is 0 Å². The number of halogens is 1. The fourth-order valence-electron chi connectivity index (χ4n) is 0.159. The molecule has 0 saturated heterocycles. The lowest BCUT2D eigenvalue weighted by Gasteiger charge is -1.84. The summed E-state index contributed by atoms with van der Waals surface area (Å²) in [5.41, 5.74) is 0. The lowest BCUT2D eigenvalue weighted by Crippen LogP contribution is -1.83. The summed E-state index contributed by atoms with van der Waals surface area (Å²) in [6, 6.07) is 0. The van der Waals surface area contributed by atoms with E-state index in [-0.39, 0.29) is 0 Å². The maximum Gasteiger partial charge on any atom is 0.127 e. The third-order valence-electron chi connectivity index (χ3n) is 0.351. The zero-order valence-electron chi connectivity index (χ0n) is 3.56. The van der Waals surface area contributed by atoms with Crippen LogP contribution in [0.2, 0.25) is 0 Å². The van der Waals surface area contributed by atoms with E-state index in [4.69, 9.17) is 5.11 Å². The number of rotatable bonds is 1. The quantitative estimate of drug-likeness (QED) is 0.442. The first-order valence-corrected chi connectivity index (χ1v) is 2.64. The Morgan fingerprint density at radius 2 is 2.33 bits per heavy atom. The zero-order valence-corrected chi connectivity index (χ0v) is 5.14. The van der Waals surface area contributed by atoms with Crippen LogP contribution >= 0.6 is 15.9 Å². The SMILES string of the molecule is CC=CC(O)Br. The summed E-state index contributed by atoms with van der Waals surface area (Å²) in [5, 5.41) is 7.91. The predicted molar refractivity (Wildman–Crippen MR) is 29.7 cm³/mol. The molecule has 6 heavy (non-hydrogen) atoms. The summed E-state index contributed by atoms with van der Waals surface area (Å²) in [5.74, 6) is 0. The van der Waals surface area contributed by atoms with Crippen molar-refractivity contribution in [2.24, 2.45) is 0 Å². The van der Waals surface area contributed by atoms with Gasteiger partial charge in [-0.25, -0.2) is 0 Å². The van der Waals surface area contributed by atoms with Crippen LogP contribution in [0.4, 0.5) is 0 Å². The molecule has 2 heteroatoms. The summed E-state index contributed by atoms with van der Waals surface area (Å²) in [4.78, 5) is 0. The van der Waals surface area contributed by atoms with Gasteiger partial charge in [0.05, 0.1) is 0 Å². The highest BCUT2D eigenvalue weighted by atomic mass is 79.9. The number of aliphatic hydroxyl groups is 1. The molecular weight excluding hydrogens is 144 g/mol. The van der Waals surface area contributed by atoms with Crippen LogP contribution in [-0.4, -0.2) is 10.1 Å². The number of alkyl halides is 1. The van der Waals surface area contributed by atoms with Crippen LogP contribution in [0.5, 0.6) is 0 Å². The van der Waals surface area contributed by atoms with E-state index < -0.39 is 5.01 Å². The van der Waals surface area contributed by atoms with Gasteiger partial charge in [-0.1, -0.05) is 22.0 Å². The molecule has 0 aliphatic heterocycles. The van der Waals surface area contributed by atoms with Gasteiger partial charge in [-0.3, -0.25) is 0 Å². The highest BCUT2D eigenvalue weighted by Crippen LogP contribution is 1.92. The van der Waals surface area contributed by atoms with E-state index in [1.165, 1.54) is 0 Å². The van der Waals surface area contributed by atoms with Gasteiger partial charge in [0.1, 0.15) is 5.01 Å². The summed E-state index contributed by atoms with van der Waals surface area (Å²) < 4.78 is 0. The van der Waals surface area contributed by atoms with Crippen molar-refractivity contribution in [2.45, 2.75) is 11.9 Å². The molecule has 0 amide bonds. The number of hydrogen-bond donors (Lipinski definition) is 1. The van der Waals surface area contributed by atoms with Crippen molar-refractivity contribution in [3.8, 4) is 0 Å². The first-order valence-electron chi connectivity index (χ1n) is 1.72. The van der Waals surface area contributed by atoms with E-state index in [1.54, 1.807) is 12.2 Å². The fraction of sp³-hybridized carbons (Fsp3) is 0.500. The van der Waals surface area contributed by atoms with Gasteiger partial charge in [-0.05, 0) is 13.0 Å². The van der Waals surface area contributed by atoms with E-state index >= 15 is 0 Å². The Hall–Kier alpha value is 0.180. The molecule has 0 saturated carbocycles. The molecule has 0 fully saturated rings. The molecule has 0 aliphatic carbocycles. The molecule has 1 atom stereocenters. The molecule has 0 aliphatic rings. The van der Waals surface area contributed by atoms with E-state index in [1.807, 2.05) is 6.92 Å². The summed E-state index contributed by atoms with van der Waals surface area (Å²) >= 11 is 2.90. The minimum absolute atomic E-state index is 0.470. The van der Waals surface area contributed by atoms with Crippen LogP contribution in [-0.2, 0) is 0 Å². The Morgan fingerprint density at radius 3 is 2.33 bits per heavy atom. The molecule has 0 spiro atoms. The van der Waals surface area contributed by atoms with Crippen LogP contribution in [0.25, 0.3) is 0 Å². The number of hydrogen-bond acceptors (Lipinski definition) is 1. The Bertz CT molecular complexity index is 49.5. The van der Waals surface area contributed by atoms with Gasteiger partial charge in [-0.15, -0.1) is 0 Å². The van der Waals surface area contributed by atoms with Crippen molar-refractivity contribution in [1.82, 2.24) is 0 Å². The lowest BCUT2D eigenvalue weighted by molar-refractivity contribution is 0.316. The average Bonchev–Trinajstić information content (AvgIpc) is 1.35. The Kier molecular flexibility index (Phi) is 3.47. The fourth-order valence-corrected chi connectivity index (χ4v) is 0.464. The van der Waals surface area contributed by atoms with Crippen molar-refractivity contribution in [2.75, 3.05) is 0 Å². The van der Waals surface area contributed by atoms with Crippen LogP contribution in [0.15, 0.2) is 12.2 Å². The smallest absolute Gasteiger partial charge is 0.127 e. The molecule has 0 aromatic rings. The second kappa shape index (κ2) is 3.37. The molecule has 0 aromatic heterocycles. The van der Waals surface area contributed by atoms with Crippen LogP contribution < -0.4 is 0 Å². The minimum Gasteiger partial charge on any atom is -0.378 e. The van der Waals surface area contributed by atoms with Gasteiger partial charge in [0.15, 0.2) is 0 Å². The zero-order chi connectivity index (χ0) is 4.99. The summed E-state index contributed by atoms with van der Waals surface area (Å²) in [7, 11) is 0. The predicted octanol–water partition coefficient (Wildman–Crippen LogP) is 1.28. The summed E-state index contributed by atoms with van der Waals surface area (Å²) in [6.45, 7) is 1.85. The topological polar surface area (TPSA) is 20.2 Å². The first kappa shape index (κ1) is 6.18. The molecule has 0 heterocycles. The van der Waals surface area contributed by atoms with Gasteiger partial charge >= 0.3 is 0 Å². The second-order valence-corrected chi connectivity index (χ2v) is 1.84. The van der Waals surface area contributed by atoms with Crippen molar-refractivity contribution >= 4 is 15.9 Å². The van der Waals surface area contributed by atoms with Crippen molar-refractivity contribution in [3.05, 3.63) is 12.2 Å². The Balaban J connectivity index is 3.03. The third-order valence-corrected chi connectivity index (χ3v) is 0.656.